The Labute approximate surface area is 143 Å². The molecule has 1 aliphatic rings. The van der Waals surface area contributed by atoms with Crippen LogP contribution >= 0.6 is 0 Å². The molecule has 0 radical (unpaired) electrons. The van der Waals surface area contributed by atoms with Gasteiger partial charge in [-0.1, -0.05) is 6.08 Å². The van der Waals surface area contributed by atoms with E-state index in [9.17, 15) is 9.18 Å². The Morgan fingerprint density at radius 1 is 1.56 bits per heavy atom. The number of H-pyrrole nitrogens is 1. The lowest BCUT2D eigenvalue weighted by molar-refractivity contribution is 0.103. The maximum atomic E-state index is 14.1. The van der Waals surface area contributed by atoms with Crippen molar-refractivity contribution < 1.29 is 9.18 Å². The van der Waals surface area contributed by atoms with Crippen LogP contribution in [0.2, 0.25) is 0 Å². The Bertz CT molecular complexity index is 938. The van der Waals surface area contributed by atoms with E-state index in [4.69, 9.17) is 11.1 Å². The zero-order valence-electron chi connectivity index (χ0n) is 13.6. The van der Waals surface area contributed by atoms with Crippen molar-refractivity contribution in [1.29, 1.82) is 5.41 Å². The fraction of sp³-hybridized carbons (Fsp3) is 0.167. The maximum Gasteiger partial charge on any atom is 0.197 e. The van der Waals surface area contributed by atoms with Gasteiger partial charge < -0.3 is 21.4 Å². The van der Waals surface area contributed by atoms with Crippen LogP contribution in [0.25, 0.3) is 16.6 Å². The minimum Gasteiger partial charge on any atom is -0.393 e. The predicted molar refractivity (Wildman–Crippen MR) is 96.1 cm³/mol. The third kappa shape index (κ3) is 3.14. The lowest BCUT2D eigenvalue weighted by atomic mass is 9.95. The molecule has 0 aliphatic heterocycles. The molecule has 0 amide bonds. The first-order valence-electron chi connectivity index (χ1n) is 7.78. The van der Waals surface area contributed by atoms with E-state index in [0.29, 0.717) is 34.2 Å². The van der Waals surface area contributed by atoms with Gasteiger partial charge in [-0.05, 0) is 18.6 Å². The first-order valence-corrected chi connectivity index (χ1v) is 7.78. The van der Waals surface area contributed by atoms with Crippen molar-refractivity contribution in [2.75, 3.05) is 7.05 Å². The number of Topliss-reactive ketones (excluding diaryl/α,β-unsaturated/α-hetero) is 1. The topological polar surface area (TPSA) is 108 Å². The highest BCUT2D eigenvalue weighted by atomic mass is 19.1. The summed E-state index contributed by atoms with van der Waals surface area (Å²) < 4.78 is 14.1. The summed E-state index contributed by atoms with van der Waals surface area (Å²) in [6.07, 6.45) is 9.14. The molecule has 0 fully saturated rings. The molecular weight excluding hydrogens is 321 g/mol. The van der Waals surface area contributed by atoms with Crippen LogP contribution in [0, 0.1) is 5.41 Å². The number of hydrogen-bond acceptors (Lipinski definition) is 5. The van der Waals surface area contributed by atoms with E-state index in [1.807, 2.05) is 0 Å². The van der Waals surface area contributed by atoms with Gasteiger partial charge in [-0.2, -0.15) is 0 Å². The van der Waals surface area contributed by atoms with E-state index in [1.54, 1.807) is 25.5 Å². The molecule has 25 heavy (non-hydrogen) atoms. The van der Waals surface area contributed by atoms with Crippen LogP contribution in [0.1, 0.15) is 22.3 Å². The zero-order chi connectivity index (χ0) is 18.0. The van der Waals surface area contributed by atoms with Crippen LogP contribution in [0.5, 0.6) is 0 Å². The molecule has 0 bridgehead atoms. The third-order valence-electron chi connectivity index (χ3n) is 4.02. The highest BCUT2D eigenvalue weighted by molar-refractivity contribution is 6.18. The van der Waals surface area contributed by atoms with Gasteiger partial charge in [0.25, 0.3) is 0 Å². The van der Waals surface area contributed by atoms with Crippen molar-refractivity contribution in [2.24, 2.45) is 5.73 Å². The SMILES string of the molecule is CN/C=C(\C=N)c1cnc2[nH]cc(C(=O)C3=CC(N)CC=C3F)c2c1. The standard InChI is InChI=1S/C18H18FN5O/c1-22-7-11(6-20)10-4-13-15(9-24-18(13)23-8-10)17(25)14-5-12(21)2-3-16(14)19/h3-9,12,20,22H,2,21H2,1H3,(H,23,24)/b11-7+,20-6?. The highest BCUT2D eigenvalue weighted by Crippen LogP contribution is 2.28. The molecule has 7 heteroatoms. The summed E-state index contributed by atoms with van der Waals surface area (Å²) in [7, 11) is 1.73. The van der Waals surface area contributed by atoms with E-state index >= 15 is 0 Å². The van der Waals surface area contributed by atoms with Crippen LogP contribution < -0.4 is 11.1 Å². The first kappa shape index (κ1) is 16.8. The number of aromatic amines is 1. The van der Waals surface area contributed by atoms with Gasteiger partial charge in [0.05, 0.1) is 5.57 Å². The van der Waals surface area contributed by atoms with Gasteiger partial charge in [0.2, 0.25) is 0 Å². The van der Waals surface area contributed by atoms with Gasteiger partial charge in [-0.15, -0.1) is 0 Å². The van der Waals surface area contributed by atoms with Crippen LogP contribution in [0.15, 0.2) is 48.2 Å². The second-order valence-electron chi connectivity index (χ2n) is 5.72. The fourth-order valence-corrected chi connectivity index (χ4v) is 2.75. The molecule has 128 valence electrons. The molecule has 5 N–H and O–H groups in total. The average Bonchev–Trinajstić information content (AvgIpc) is 3.04. The molecule has 6 nitrogen and oxygen atoms in total. The molecule has 1 unspecified atom stereocenters. The molecule has 1 atom stereocenters. The number of rotatable bonds is 5. The molecule has 0 aromatic carbocycles. The van der Waals surface area contributed by atoms with E-state index in [-0.39, 0.29) is 11.6 Å². The number of hydrogen-bond donors (Lipinski definition) is 4. The number of halogens is 1. The van der Waals surface area contributed by atoms with Crippen LogP contribution in [-0.4, -0.2) is 35.1 Å². The summed E-state index contributed by atoms with van der Waals surface area (Å²) in [6.45, 7) is 0. The molecule has 3 rings (SSSR count). The lowest BCUT2D eigenvalue weighted by Gasteiger charge is -2.13. The number of pyridine rings is 1. The quantitative estimate of drug-likeness (QED) is 0.496. The number of carbonyl (C=O) groups excluding carboxylic acids is 1. The van der Waals surface area contributed by atoms with E-state index in [1.165, 1.54) is 24.6 Å². The molecule has 0 spiro atoms. The van der Waals surface area contributed by atoms with Gasteiger partial charge in [0.15, 0.2) is 5.78 Å². The van der Waals surface area contributed by atoms with Crippen molar-refractivity contribution in [2.45, 2.75) is 12.5 Å². The highest BCUT2D eigenvalue weighted by Gasteiger charge is 2.23. The number of fused-ring (bicyclic) bond motifs is 1. The van der Waals surface area contributed by atoms with Crippen molar-refractivity contribution >= 4 is 28.6 Å². The summed E-state index contributed by atoms with van der Waals surface area (Å²) in [4.78, 5) is 20.0. The Hall–Kier alpha value is -3.06. The molecule has 2 heterocycles. The van der Waals surface area contributed by atoms with Crippen molar-refractivity contribution in [3.8, 4) is 0 Å². The maximum absolute atomic E-state index is 14.1. The largest absolute Gasteiger partial charge is 0.393 e. The van der Waals surface area contributed by atoms with Gasteiger partial charge in [0, 0.05) is 60.0 Å². The number of aromatic nitrogens is 2. The number of nitrogens with zero attached hydrogens (tertiary/aromatic N) is 1. The first-order chi connectivity index (χ1) is 12.0. The second-order valence-corrected chi connectivity index (χ2v) is 5.72. The van der Waals surface area contributed by atoms with Crippen LogP contribution in [0.3, 0.4) is 0 Å². The summed E-state index contributed by atoms with van der Waals surface area (Å²) in [5.41, 5.74) is 7.91. The Balaban J connectivity index is 2.08. The summed E-state index contributed by atoms with van der Waals surface area (Å²) in [6, 6.07) is 1.38. The Kier molecular flexibility index (Phi) is 4.58. The Morgan fingerprint density at radius 2 is 2.36 bits per heavy atom. The van der Waals surface area contributed by atoms with Gasteiger partial charge >= 0.3 is 0 Å². The van der Waals surface area contributed by atoms with E-state index in [0.717, 1.165) is 0 Å². The molecule has 1 aliphatic carbocycles. The van der Waals surface area contributed by atoms with Gasteiger partial charge in [0.1, 0.15) is 11.5 Å². The summed E-state index contributed by atoms with van der Waals surface area (Å²) >= 11 is 0. The van der Waals surface area contributed by atoms with E-state index in [2.05, 4.69) is 15.3 Å². The third-order valence-corrected chi connectivity index (χ3v) is 4.02. The minimum absolute atomic E-state index is 0.0249. The smallest absolute Gasteiger partial charge is 0.197 e. The monoisotopic (exact) mass is 339 g/mol. The second kappa shape index (κ2) is 6.82. The van der Waals surface area contributed by atoms with Gasteiger partial charge in [-0.3, -0.25) is 4.79 Å². The minimum atomic E-state index is -0.555. The molecule has 0 saturated carbocycles. The summed E-state index contributed by atoms with van der Waals surface area (Å²) in [5.74, 6) is -0.997. The molecule has 2 aromatic rings. The van der Waals surface area contributed by atoms with Crippen LogP contribution in [-0.2, 0) is 0 Å². The predicted octanol–water partition coefficient (Wildman–Crippen LogP) is 2.47. The molecule has 0 saturated heterocycles. The number of carbonyl (C=O) groups is 1. The zero-order valence-corrected chi connectivity index (χ0v) is 13.6. The number of nitrogens with two attached hydrogens (primary N) is 1. The number of ketones is 1. The number of nitrogens with one attached hydrogen (secondary N) is 3. The summed E-state index contributed by atoms with van der Waals surface area (Å²) in [5, 5.41) is 10.9. The normalized spacial score (nSPS) is 17.9. The van der Waals surface area contributed by atoms with Crippen molar-refractivity contribution in [3.05, 3.63) is 59.3 Å². The van der Waals surface area contributed by atoms with E-state index < -0.39 is 11.6 Å². The number of allylic oxidation sites excluding steroid dienone is 3. The Morgan fingerprint density at radius 3 is 3.08 bits per heavy atom. The average molecular weight is 339 g/mol. The fourth-order valence-electron chi connectivity index (χ4n) is 2.75. The van der Waals surface area contributed by atoms with Gasteiger partial charge in [-0.25, -0.2) is 9.37 Å². The lowest BCUT2D eigenvalue weighted by Crippen LogP contribution is -2.21. The molecule has 2 aromatic heterocycles. The van der Waals surface area contributed by atoms with Crippen molar-refractivity contribution in [1.82, 2.24) is 15.3 Å². The van der Waals surface area contributed by atoms with Crippen LogP contribution in [0.4, 0.5) is 4.39 Å². The molecular formula is C18H18FN5O. The van der Waals surface area contributed by atoms with Crippen molar-refractivity contribution in [3.63, 3.8) is 0 Å².